The molecule has 4 nitrogen and oxygen atoms in total. The van der Waals surface area contributed by atoms with Gasteiger partial charge in [0, 0.05) is 17.1 Å². The highest BCUT2D eigenvalue weighted by atomic mass is 16.1. The quantitative estimate of drug-likeness (QED) is 0.811. The molecule has 1 aromatic heterocycles. The second-order valence-corrected chi connectivity index (χ2v) is 4.61. The summed E-state index contributed by atoms with van der Waals surface area (Å²) in [5.74, 6) is -0.158. The number of nitrogens with one attached hydrogen (secondary N) is 1. The third kappa shape index (κ3) is 2.91. The highest BCUT2D eigenvalue weighted by Crippen LogP contribution is 2.18. The summed E-state index contributed by atoms with van der Waals surface area (Å²) in [7, 11) is 0. The Morgan fingerprint density at radius 1 is 1.16 bits per heavy atom. The number of nitrogens with zero attached hydrogens (tertiary/aromatic N) is 1. The number of hydrogen-bond donors (Lipinski definition) is 2. The number of pyridine rings is 1. The van der Waals surface area contributed by atoms with Crippen LogP contribution in [0.5, 0.6) is 0 Å². The number of rotatable bonds is 2. The van der Waals surface area contributed by atoms with Crippen molar-refractivity contribution in [2.24, 2.45) is 0 Å². The first-order chi connectivity index (χ1) is 8.97. The van der Waals surface area contributed by atoms with Crippen LogP contribution < -0.4 is 11.1 Å². The summed E-state index contributed by atoms with van der Waals surface area (Å²) in [6.07, 6.45) is 0. The molecule has 0 unspecified atom stereocenters. The molecule has 0 atom stereocenters. The molecule has 0 saturated heterocycles. The average molecular weight is 255 g/mol. The van der Waals surface area contributed by atoms with Crippen molar-refractivity contribution in [3.63, 3.8) is 0 Å². The van der Waals surface area contributed by atoms with Gasteiger partial charge in [-0.1, -0.05) is 0 Å². The van der Waals surface area contributed by atoms with Gasteiger partial charge in [-0.15, -0.1) is 0 Å². The maximum absolute atomic E-state index is 12.2. The lowest BCUT2D eigenvalue weighted by Crippen LogP contribution is -2.14. The molecule has 0 fully saturated rings. The zero-order valence-electron chi connectivity index (χ0n) is 11.3. The molecule has 0 aliphatic heterocycles. The summed E-state index contributed by atoms with van der Waals surface area (Å²) < 4.78 is 0. The van der Waals surface area contributed by atoms with E-state index in [1.54, 1.807) is 18.2 Å². The Bertz CT molecular complexity index is 635. The molecule has 3 N–H and O–H groups in total. The van der Waals surface area contributed by atoms with Crippen LogP contribution in [0.2, 0.25) is 0 Å². The molecular formula is C15H17N3O. The number of aryl methyl sites for hydroxylation is 3. The molecule has 0 radical (unpaired) electrons. The predicted octanol–water partition coefficient (Wildman–Crippen LogP) is 2.84. The van der Waals surface area contributed by atoms with E-state index in [4.69, 9.17) is 5.73 Å². The maximum atomic E-state index is 12.2. The molecule has 4 heteroatoms. The van der Waals surface area contributed by atoms with E-state index in [0.717, 1.165) is 22.6 Å². The van der Waals surface area contributed by atoms with Crippen LogP contribution in [0, 0.1) is 20.8 Å². The van der Waals surface area contributed by atoms with Crippen molar-refractivity contribution in [3.05, 3.63) is 52.8 Å². The number of carbonyl (C=O) groups excluding carboxylic acids is 1. The van der Waals surface area contributed by atoms with Gasteiger partial charge in [0.1, 0.15) is 0 Å². The third-order valence-corrected chi connectivity index (χ3v) is 3.00. The van der Waals surface area contributed by atoms with Crippen LogP contribution in [0.4, 0.5) is 11.4 Å². The Labute approximate surface area is 112 Å². The molecule has 98 valence electrons. The fourth-order valence-corrected chi connectivity index (χ4v) is 1.88. The van der Waals surface area contributed by atoms with Crippen LogP contribution in [0.1, 0.15) is 27.3 Å². The van der Waals surface area contributed by atoms with E-state index < -0.39 is 0 Å². The van der Waals surface area contributed by atoms with Gasteiger partial charge in [-0.2, -0.15) is 0 Å². The number of amides is 1. The summed E-state index contributed by atoms with van der Waals surface area (Å²) in [6.45, 7) is 5.64. The highest BCUT2D eigenvalue weighted by Gasteiger charge is 2.10. The summed E-state index contributed by atoms with van der Waals surface area (Å²) in [4.78, 5) is 16.4. The normalized spacial score (nSPS) is 10.3. The topological polar surface area (TPSA) is 68.0 Å². The van der Waals surface area contributed by atoms with Crippen molar-refractivity contribution in [1.82, 2.24) is 4.98 Å². The van der Waals surface area contributed by atoms with Crippen molar-refractivity contribution >= 4 is 17.3 Å². The minimum absolute atomic E-state index is 0.158. The van der Waals surface area contributed by atoms with Crippen molar-refractivity contribution in [2.45, 2.75) is 20.8 Å². The van der Waals surface area contributed by atoms with Crippen molar-refractivity contribution < 1.29 is 4.79 Å². The summed E-state index contributed by atoms with van der Waals surface area (Å²) in [5.41, 5.74) is 10.3. The molecule has 0 bridgehead atoms. The SMILES string of the molecule is Cc1ccc(C(=O)Nc2ccc(N)c(C)c2)c(C)n1. The van der Waals surface area contributed by atoms with E-state index in [1.165, 1.54) is 0 Å². The number of aromatic nitrogens is 1. The van der Waals surface area contributed by atoms with Gasteiger partial charge in [0.05, 0.1) is 11.3 Å². The zero-order valence-corrected chi connectivity index (χ0v) is 11.3. The van der Waals surface area contributed by atoms with Gasteiger partial charge in [-0.05, 0) is 56.7 Å². The van der Waals surface area contributed by atoms with E-state index >= 15 is 0 Å². The number of benzene rings is 1. The van der Waals surface area contributed by atoms with E-state index in [0.29, 0.717) is 11.3 Å². The zero-order chi connectivity index (χ0) is 14.0. The predicted molar refractivity (Wildman–Crippen MR) is 77.3 cm³/mol. The number of nitrogen functional groups attached to an aromatic ring is 1. The summed E-state index contributed by atoms with van der Waals surface area (Å²) >= 11 is 0. The van der Waals surface area contributed by atoms with Crippen LogP contribution >= 0.6 is 0 Å². The van der Waals surface area contributed by atoms with Gasteiger partial charge in [-0.3, -0.25) is 9.78 Å². The Hall–Kier alpha value is -2.36. The third-order valence-electron chi connectivity index (χ3n) is 3.00. The number of anilines is 2. The molecule has 1 aromatic carbocycles. The Balaban J connectivity index is 2.23. The van der Waals surface area contributed by atoms with Crippen LogP contribution in [-0.2, 0) is 0 Å². The monoisotopic (exact) mass is 255 g/mol. The smallest absolute Gasteiger partial charge is 0.257 e. The van der Waals surface area contributed by atoms with Gasteiger partial charge in [0.2, 0.25) is 0 Å². The van der Waals surface area contributed by atoms with Crippen LogP contribution in [0.25, 0.3) is 0 Å². The lowest BCUT2D eigenvalue weighted by molar-refractivity contribution is 0.102. The van der Waals surface area contributed by atoms with Gasteiger partial charge in [-0.25, -0.2) is 0 Å². The van der Waals surface area contributed by atoms with Crippen LogP contribution in [0.3, 0.4) is 0 Å². The lowest BCUT2D eigenvalue weighted by Gasteiger charge is -2.09. The molecule has 2 rings (SSSR count). The molecule has 0 spiro atoms. The molecule has 0 aliphatic carbocycles. The number of hydrogen-bond acceptors (Lipinski definition) is 3. The molecule has 2 aromatic rings. The highest BCUT2D eigenvalue weighted by molar-refractivity contribution is 6.05. The fraction of sp³-hybridized carbons (Fsp3) is 0.200. The van der Waals surface area contributed by atoms with E-state index in [2.05, 4.69) is 10.3 Å². The van der Waals surface area contributed by atoms with Gasteiger partial charge < -0.3 is 11.1 Å². The Morgan fingerprint density at radius 3 is 2.53 bits per heavy atom. The lowest BCUT2D eigenvalue weighted by atomic mass is 10.1. The minimum atomic E-state index is -0.158. The van der Waals surface area contributed by atoms with Gasteiger partial charge >= 0.3 is 0 Å². The Kier molecular flexibility index (Phi) is 3.51. The maximum Gasteiger partial charge on any atom is 0.257 e. The molecular weight excluding hydrogens is 238 g/mol. The standard InChI is InChI=1S/C15H17N3O/c1-9-8-12(5-7-14(9)16)18-15(19)13-6-4-10(2)17-11(13)3/h4-8H,16H2,1-3H3,(H,18,19). The first-order valence-corrected chi connectivity index (χ1v) is 6.09. The fourth-order valence-electron chi connectivity index (χ4n) is 1.88. The molecule has 1 heterocycles. The minimum Gasteiger partial charge on any atom is -0.399 e. The van der Waals surface area contributed by atoms with Crippen LogP contribution in [0.15, 0.2) is 30.3 Å². The van der Waals surface area contributed by atoms with Gasteiger partial charge in [0.25, 0.3) is 5.91 Å². The molecule has 0 aliphatic rings. The van der Waals surface area contributed by atoms with Crippen molar-refractivity contribution in [1.29, 1.82) is 0 Å². The first-order valence-electron chi connectivity index (χ1n) is 6.09. The van der Waals surface area contributed by atoms with Crippen LogP contribution in [-0.4, -0.2) is 10.9 Å². The van der Waals surface area contributed by atoms with E-state index in [-0.39, 0.29) is 5.91 Å². The second kappa shape index (κ2) is 5.10. The Morgan fingerprint density at radius 2 is 1.89 bits per heavy atom. The van der Waals surface area contributed by atoms with Crippen molar-refractivity contribution in [2.75, 3.05) is 11.1 Å². The van der Waals surface area contributed by atoms with E-state index in [9.17, 15) is 4.79 Å². The van der Waals surface area contributed by atoms with E-state index in [1.807, 2.05) is 32.9 Å². The first kappa shape index (κ1) is 13.1. The molecule has 0 saturated carbocycles. The summed E-state index contributed by atoms with van der Waals surface area (Å²) in [5, 5.41) is 2.85. The largest absolute Gasteiger partial charge is 0.399 e. The number of nitrogens with two attached hydrogens (primary N) is 1. The van der Waals surface area contributed by atoms with Gasteiger partial charge in [0.15, 0.2) is 0 Å². The molecule has 1 amide bonds. The van der Waals surface area contributed by atoms with Crippen molar-refractivity contribution in [3.8, 4) is 0 Å². The average Bonchev–Trinajstić information content (AvgIpc) is 2.33. The molecule has 19 heavy (non-hydrogen) atoms. The number of carbonyl (C=O) groups is 1. The summed E-state index contributed by atoms with van der Waals surface area (Å²) in [6, 6.07) is 9.04. The second-order valence-electron chi connectivity index (χ2n) is 4.61.